The molecule has 3 aromatic carbocycles. The molecule has 0 N–H and O–H groups in total. The maximum absolute atomic E-state index is 13.7. The van der Waals surface area contributed by atoms with Gasteiger partial charge in [-0.05, 0) is 36.0 Å². The van der Waals surface area contributed by atoms with Gasteiger partial charge in [0.05, 0.1) is 10.2 Å². The van der Waals surface area contributed by atoms with Crippen LogP contribution in [0.1, 0.15) is 24.2 Å². The maximum Gasteiger partial charge on any atom is 0.260 e. The van der Waals surface area contributed by atoms with Crippen LogP contribution in [0.5, 0.6) is 11.5 Å². The second kappa shape index (κ2) is 9.95. The molecule has 0 fully saturated rings. The van der Waals surface area contributed by atoms with Crippen molar-refractivity contribution in [1.29, 1.82) is 0 Å². The van der Waals surface area contributed by atoms with Gasteiger partial charge in [-0.2, -0.15) is 0 Å². The highest BCUT2D eigenvalue weighted by Crippen LogP contribution is 2.40. The Bertz CT molecular complexity index is 1250. The largest absolute Gasteiger partial charge is 0.454 e. The molecular weight excluding hydrogens is 458 g/mol. The zero-order valence-electron chi connectivity index (χ0n) is 18.6. The number of hydrogen-bond donors (Lipinski definition) is 0. The second-order valence-corrected chi connectivity index (χ2v) is 8.72. The average molecular weight is 484 g/mol. The molecule has 0 aliphatic carbocycles. The van der Waals surface area contributed by atoms with Gasteiger partial charge in [0.25, 0.3) is 5.91 Å². The molecule has 33 heavy (non-hydrogen) atoms. The van der Waals surface area contributed by atoms with Crippen molar-refractivity contribution in [3.05, 3.63) is 60.2 Å². The molecule has 4 aromatic rings. The van der Waals surface area contributed by atoms with Crippen molar-refractivity contribution < 1.29 is 14.3 Å². The third-order valence-corrected chi connectivity index (χ3v) is 6.92. The monoisotopic (exact) mass is 483 g/mol. The maximum atomic E-state index is 13.7. The van der Waals surface area contributed by atoms with Crippen molar-refractivity contribution in [1.82, 2.24) is 9.88 Å². The molecule has 0 atom stereocenters. The van der Waals surface area contributed by atoms with Gasteiger partial charge in [0, 0.05) is 30.8 Å². The Morgan fingerprint density at radius 3 is 2.45 bits per heavy atom. The summed E-state index contributed by atoms with van der Waals surface area (Å²) in [6.07, 6.45) is 0. The van der Waals surface area contributed by atoms with Gasteiger partial charge in [-0.15, -0.1) is 12.4 Å². The number of halogens is 1. The van der Waals surface area contributed by atoms with E-state index in [4.69, 9.17) is 14.5 Å². The van der Waals surface area contributed by atoms with Crippen molar-refractivity contribution in [3.8, 4) is 11.5 Å². The summed E-state index contributed by atoms with van der Waals surface area (Å²) < 4.78 is 12.0. The predicted octanol–water partition coefficient (Wildman–Crippen LogP) is 5.59. The highest BCUT2D eigenvalue weighted by molar-refractivity contribution is 7.22. The van der Waals surface area contributed by atoms with E-state index in [1.807, 2.05) is 48.5 Å². The number of carbonyl (C=O) groups is 1. The second-order valence-electron chi connectivity index (χ2n) is 7.72. The standard InChI is InChI=1S/C25H25N3O3S.ClH/c1-3-27(4-2)11-12-28(24(29)19-10-9-17-7-5-6-8-18(17)13-19)25-26-20-14-21-22(31-16-30-21)15-23(20)32-25;/h5-10,13-15H,3-4,11-12,16H2,1-2H3;1H. The van der Waals surface area contributed by atoms with Crippen molar-refractivity contribution in [2.75, 3.05) is 37.9 Å². The lowest BCUT2D eigenvalue weighted by molar-refractivity contribution is 0.0984. The lowest BCUT2D eigenvalue weighted by Gasteiger charge is -2.24. The summed E-state index contributed by atoms with van der Waals surface area (Å²) in [5, 5.41) is 2.86. The SMILES string of the molecule is CCN(CC)CCN(C(=O)c1ccc2ccccc2c1)c1nc2cc3c(cc2s1)OCO3.Cl. The molecule has 0 radical (unpaired) electrons. The van der Waals surface area contributed by atoms with E-state index in [-0.39, 0.29) is 25.1 Å². The van der Waals surface area contributed by atoms with E-state index in [0.717, 1.165) is 46.4 Å². The molecule has 2 heterocycles. The normalized spacial score (nSPS) is 12.3. The van der Waals surface area contributed by atoms with Gasteiger partial charge in [-0.1, -0.05) is 55.5 Å². The minimum absolute atomic E-state index is 0. The minimum Gasteiger partial charge on any atom is -0.454 e. The fourth-order valence-electron chi connectivity index (χ4n) is 3.96. The summed E-state index contributed by atoms with van der Waals surface area (Å²) in [6.45, 7) is 7.74. The highest BCUT2D eigenvalue weighted by Gasteiger charge is 2.24. The van der Waals surface area contributed by atoms with Crippen LogP contribution >= 0.6 is 23.7 Å². The number of ether oxygens (including phenoxy) is 2. The van der Waals surface area contributed by atoms with Gasteiger partial charge < -0.3 is 14.4 Å². The quantitative estimate of drug-likeness (QED) is 0.343. The first-order chi connectivity index (χ1) is 15.7. The van der Waals surface area contributed by atoms with Crippen LogP contribution in [0.15, 0.2) is 54.6 Å². The van der Waals surface area contributed by atoms with Crippen LogP contribution < -0.4 is 14.4 Å². The molecule has 0 spiro atoms. The predicted molar refractivity (Wildman–Crippen MR) is 136 cm³/mol. The number of rotatable bonds is 7. The lowest BCUT2D eigenvalue weighted by Crippen LogP contribution is -2.38. The number of likely N-dealkylation sites (N-methyl/N-ethyl adjacent to an activating group) is 1. The average Bonchev–Trinajstić information content (AvgIpc) is 3.45. The van der Waals surface area contributed by atoms with Crippen LogP contribution in [0.25, 0.3) is 21.0 Å². The molecule has 0 unspecified atom stereocenters. The van der Waals surface area contributed by atoms with E-state index in [1.54, 1.807) is 4.90 Å². The summed E-state index contributed by atoms with van der Waals surface area (Å²) in [6, 6.07) is 17.8. The zero-order valence-corrected chi connectivity index (χ0v) is 20.2. The topological polar surface area (TPSA) is 54.9 Å². The van der Waals surface area contributed by atoms with Gasteiger partial charge in [0.1, 0.15) is 0 Å². The fraction of sp³-hybridized carbons (Fsp3) is 0.280. The molecule has 1 amide bonds. The third-order valence-electron chi connectivity index (χ3n) is 5.88. The van der Waals surface area contributed by atoms with Crippen molar-refractivity contribution in [2.24, 2.45) is 0 Å². The molecule has 0 saturated heterocycles. The van der Waals surface area contributed by atoms with Crippen LogP contribution in [0.4, 0.5) is 5.13 Å². The van der Waals surface area contributed by atoms with Crippen LogP contribution in [-0.4, -0.2) is 48.8 Å². The fourth-order valence-corrected chi connectivity index (χ4v) is 4.97. The Morgan fingerprint density at radius 1 is 0.970 bits per heavy atom. The zero-order chi connectivity index (χ0) is 22.1. The Kier molecular flexibility index (Phi) is 7.02. The Balaban J connectivity index is 0.00000259. The number of amides is 1. The highest BCUT2D eigenvalue weighted by atomic mass is 35.5. The summed E-state index contributed by atoms with van der Waals surface area (Å²) in [5.74, 6) is 1.38. The van der Waals surface area contributed by atoms with E-state index in [9.17, 15) is 4.79 Å². The summed E-state index contributed by atoms with van der Waals surface area (Å²) in [4.78, 5) is 22.6. The van der Waals surface area contributed by atoms with E-state index in [2.05, 4.69) is 24.8 Å². The number of aromatic nitrogens is 1. The number of anilines is 1. The number of carbonyl (C=O) groups excluding carboxylic acids is 1. The van der Waals surface area contributed by atoms with Gasteiger partial charge in [-0.25, -0.2) is 4.98 Å². The number of benzene rings is 3. The smallest absolute Gasteiger partial charge is 0.260 e. The first-order valence-electron chi connectivity index (χ1n) is 10.9. The minimum atomic E-state index is -0.0398. The van der Waals surface area contributed by atoms with Gasteiger partial charge in [-0.3, -0.25) is 9.69 Å². The summed E-state index contributed by atoms with van der Waals surface area (Å²) in [5.41, 5.74) is 1.48. The summed E-state index contributed by atoms with van der Waals surface area (Å²) >= 11 is 1.50. The molecule has 6 nitrogen and oxygen atoms in total. The Labute approximate surface area is 203 Å². The van der Waals surface area contributed by atoms with Gasteiger partial charge in [0.2, 0.25) is 6.79 Å². The van der Waals surface area contributed by atoms with Crippen molar-refractivity contribution >= 4 is 55.8 Å². The Hall–Kier alpha value is -2.87. The first kappa shape index (κ1) is 23.3. The summed E-state index contributed by atoms with van der Waals surface area (Å²) in [7, 11) is 0. The van der Waals surface area contributed by atoms with E-state index in [0.29, 0.717) is 23.0 Å². The number of hydrogen-bond acceptors (Lipinski definition) is 6. The number of fused-ring (bicyclic) bond motifs is 3. The van der Waals surface area contributed by atoms with E-state index in [1.165, 1.54) is 11.3 Å². The molecule has 8 heteroatoms. The van der Waals surface area contributed by atoms with Crippen molar-refractivity contribution in [2.45, 2.75) is 13.8 Å². The van der Waals surface area contributed by atoms with Crippen LogP contribution in [-0.2, 0) is 0 Å². The van der Waals surface area contributed by atoms with Crippen LogP contribution in [0, 0.1) is 0 Å². The van der Waals surface area contributed by atoms with E-state index < -0.39 is 0 Å². The molecule has 0 saturated carbocycles. The van der Waals surface area contributed by atoms with Crippen molar-refractivity contribution in [3.63, 3.8) is 0 Å². The van der Waals surface area contributed by atoms with Crippen LogP contribution in [0.3, 0.4) is 0 Å². The van der Waals surface area contributed by atoms with Gasteiger partial charge in [0.15, 0.2) is 16.6 Å². The molecule has 1 aliphatic rings. The Morgan fingerprint density at radius 2 is 1.70 bits per heavy atom. The third kappa shape index (κ3) is 4.62. The van der Waals surface area contributed by atoms with E-state index >= 15 is 0 Å². The van der Waals surface area contributed by atoms with Crippen LogP contribution in [0.2, 0.25) is 0 Å². The first-order valence-corrected chi connectivity index (χ1v) is 11.7. The molecule has 5 rings (SSSR count). The number of thiazole rings is 1. The molecule has 1 aliphatic heterocycles. The molecule has 172 valence electrons. The molecular formula is C25H26ClN3O3S. The number of nitrogens with zero attached hydrogens (tertiary/aromatic N) is 3. The van der Waals surface area contributed by atoms with Gasteiger partial charge >= 0.3 is 0 Å². The molecule has 1 aromatic heterocycles. The molecule has 0 bridgehead atoms. The lowest BCUT2D eigenvalue weighted by atomic mass is 10.1.